The van der Waals surface area contributed by atoms with Crippen molar-refractivity contribution < 1.29 is 14.4 Å². The highest BCUT2D eigenvalue weighted by molar-refractivity contribution is 6.54. The van der Waals surface area contributed by atoms with Gasteiger partial charge in [-0.2, -0.15) is 0 Å². The number of hydroxylamine groups is 1. The van der Waals surface area contributed by atoms with Crippen LogP contribution in [0.25, 0.3) is 0 Å². The number of carbonyl (C=O) groups is 2. The lowest BCUT2D eigenvalue weighted by Gasteiger charge is -2.10. The fourth-order valence-electron chi connectivity index (χ4n) is 3.74. The first-order chi connectivity index (χ1) is 17.0. The second-order valence-corrected chi connectivity index (χ2v) is 11.4. The molecule has 3 aromatic rings. The Morgan fingerprint density at radius 1 is 0.917 bits per heavy atom. The SMILES string of the molecule is Cc1ccc(CONC(=O)c2cc(NC(=O)C3C(c4cc(Cl)c(Cl)c(Cl)c4)C3(Cl)Cl)ccc2Cl)cc1. The van der Waals surface area contributed by atoms with Crippen LogP contribution >= 0.6 is 69.6 Å². The lowest BCUT2D eigenvalue weighted by molar-refractivity contribution is -0.117. The summed E-state index contributed by atoms with van der Waals surface area (Å²) in [5.41, 5.74) is 5.40. The van der Waals surface area contributed by atoms with Gasteiger partial charge in [0.1, 0.15) is 4.33 Å². The highest BCUT2D eigenvalue weighted by Crippen LogP contribution is 2.65. The Morgan fingerprint density at radius 2 is 1.56 bits per heavy atom. The Hall–Kier alpha value is -1.70. The average Bonchev–Trinajstić information content (AvgIpc) is 3.41. The standard InChI is InChI=1S/C25H18Cl6N2O3/c1-12-2-4-13(5-3-12)11-36-33-23(34)16-10-15(6-7-17(16)26)32-24(35)21-20(25(21,30)31)14-8-18(27)22(29)19(28)9-14/h2-10,20-21H,11H2,1H3,(H,32,35)(H,33,34). The number of nitrogens with one attached hydrogen (secondary N) is 2. The van der Waals surface area contributed by atoms with Crippen LogP contribution in [0.1, 0.15) is 33.0 Å². The Labute approximate surface area is 237 Å². The summed E-state index contributed by atoms with van der Waals surface area (Å²) in [6.45, 7) is 2.15. The van der Waals surface area contributed by atoms with E-state index in [1.807, 2.05) is 31.2 Å². The number of amides is 2. The molecule has 188 valence electrons. The molecular weight excluding hydrogens is 589 g/mol. The van der Waals surface area contributed by atoms with Crippen LogP contribution in [0.3, 0.4) is 0 Å². The molecule has 2 unspecified atom stereocenters. The van der Waals surface area contributed by atoms with Gasteiger partial charge in [-0.3, -0.25) is 14.4 Å². The van der Waals surface area contributed by atoms with Gasteiger partial charge in [0, 0.05) is 11.6 Å². The Bertz CT molecular complexity index is 1310. The smallest absolute Gasteiger partial charge is 0.276 e. The van der Waals surface area contributed by atoms with Gasteiger partial charge in [0.25, 0.3) is 5.91 Å². The summed E-state index contributed by atoms with van der Waals surface area (Å²) in [6, 6.07) is 15.3. The maximum atomic E-state index is 13.0. The van der Waals surface area contributed by atoms with Crippen LogP contribution in [0.5, 0.6) is 0 Å². The highest BCUT2D eigenvalue weighted by Gasteiger charge is 2.67. The number of aryl methyl sites for hydroxylation is 1. The summed E-state index contributed by atoms with van der Waals surface area (Å²) in [6.07, 6.45) is 0. The number of benzene rings is 3. The van der Waals surface area contributed by atoms with Crippen molar-refractivity contribution >= 4 is 87.1 Å². The third-order valence-electron chi connectivity index (χ3n) is 5.70. The van der Waals surface area contributed by atoms with E-state index >= 15 is 0 Å². The quantitative estimate of drug-likeness (QED) is 0.163. The van der Waals surface area contributed by atoms with Crippen molar-refractivity contribution in [3.8, 4) is 0 Å². The van der Waals surface area contributed by atoms with E-state index < -0.39 is 28.0 Å². The summed E-state index contributed by atoms with van der Waals surface area (Å²) < 4.78 is -1.37. The maximum Gasteiger partial charge on any atom is 0.276 e. The average molecular weight is 607 g/mol. The summed E-state index contributed by atoms with van der Waals surface area (Å²) >= 11 is 37.3. The highest BCUT2D eigenvalue weighted by atomic mass is 35.5. The molecule has 0 heterocycles. The van der Waals surface area contributed by atoms with Crippen molar-refractivity contribution in [1.29, 1.82) is 0 Å². The molecule has 0 aromatic heterocycles. The maximum absolute atomic E-state index is 13.0. The van der Waals surface area contributed by atoms with Crippen molar-refractivity contribution in [3.63, 3.8) is 0 Å². The fraction of sp³-hybridized carbons (Fsp3) is 0.200. The molecular formula is C25H18Cl6N2O3. The van der Waals surface area contributed by atoms with E-state index in [4.69, 9.17) is 74.4 Å². The Morgan fingerprint density at radius 3 is 2.19 bits per heavy atom. The van der Waals surface area contributed by atoms with Crippen molar-refractivity contribution in [3.05, 3.63) is 96.9 Å². The van der Waals surface area contributed by atoms with Crippen LogP contribution in [0.2, 0.25) is 20.1 Å². The first-order valence-corrected chi connectivity index (χ1v) is 12.9. The number of halogens is 6. The van der Waals surface area contributed by atoms with Gasteiger partial charge in [-0.25, -0.2) is 5.48 Å². The zero-order valence-corrected chi connectivity index (χ0v) is 23.1. The zero-order chi connectivity index (χ0) is 26.2. The second-order valence-electron chi connectivity index (χ2n) is 8.32. The van der Waals surface area contributed by atoms with Crippen LogP contribution in [-0.2, 0) is 16.2 Å². The van der Waals surface area contributed by atoms with Gasteiger partial charge in [0.2, 0.25) is 5.91 Å². The Balaban J connectivity index is 1.42. The number of hydrogen-bond donors (Lipinski definition) is 2. The molecule has 1 fully saturated rings. The van der Waals surface area contributed by atoms with Crippen LogP contribution in [0.15, 0.2) is 54.6 Å². The summed E-state index contributed by atoms with van der Waals surface area (Å²) in [7, 11) is 0. The number of hydrogen-bond acceptors (Lipinski definition) is 3. The fourth-order valence-corrected chi connectivity index (χ4v) is 5.39. The van der Waals surface area contributed by atoms with Gasteiger partial charge in [0.05, 0.1) is 38.2 Å². The van der Waals surface area contributed by atoms with Gasteiger partial charge < -0.3 is 5.32 Å². The van der Waals surface area contributed by atoms with Gasteiger partial charge in [0.15, 0.2) is 0 Å². The molecule has 1 saturated carbocycles. The molecule has 36 heavy (non-hydrogen) atoms. The number of rotatable bonds is 7. The van der Waals surface area contributed by atoms with Crippen LogP contribution in [0.4, 0.5) is 5.69 Å². The van der Waals surface area contributed by atoms with Crippen molar-refractivity contribution in [1.82, 2.24) is 5.48 Å². The molecule has 5 nitrogen and oxygen atoms in total. The van der Waals surface area contributed by atoms with Crippen LogP contribution < -0.4 is 10.8 Å². The largest absolute Gasteiger partial charge is 0.326 e. The predicted octanol–water partition coefficient (Wildman–Crippen LogP) is 8.00. The second kappa shape index (κ2) is 11.0. The molecule has 1 aliphatic rings. The summed E-state index contributed by atoms with van der Waals surface area (Å²) in [4.78, 5) is 30.9. The van der Waals surface area contributed by atoms with E-state index in [0.717, 1.165) is 11.1 Å². The van der Waals surface area contributed by atoms with E-state index in [2.05, 4.69) is 10.8 Å². The molecule has 3 aromatic carbocycles. The molecule has 0 aliphatic heterocycles. The molecule has 0 radical (unpaired) electrons. The van der Waals surface area contributed by atoms with Crippen LogP contribution in [0, 0.1) is 12.8 Å². The minimum absolute atomic E-state index is 0.116. The van der Waals surface area contributed by atoms with Crippen LogP contribution in [-0.4, -0.2) is 16.1 Å². The van der Waals surface area contributed by atoms with E-state index in [9.17, 15) is 9.59 Å². The van der Waals surface area contributed by atoms with E-state index in [1.165, 1.54) is 12.1 Å². The van der Waals surface area contributed by atoms with Crippen molar-refractivity contribution in [2.75, 3.05) is 5.32 Å². The van der Waals surface area contributed by atoms with Gasteiger partial charge in [-0.05, 0) is 48.4 Å². The first-order valence-electron chi connectivity index (χ1n) is 10.6. The molecule has 0 spiro atoms. The van der Waals surface area contributed by atoms with Gasteiger partial charge in [-0.1, -0.05) is 76.2 Å². The minimum atomic E-state index is -1.37. The molecule has 2 N–H and O–H groups in total. The third kappa shape index (κ3) is 5.89. The van der Waals surface area contributed by atoms with Gasteiger partial charge >= 0.3 is 0 Å². The summed E-state index contributed by atoms with van der Waals surface area (Å²) in [5.74, 6) is -2.36. The lowest BCUT2D eigenvalue weighted by atomic mass is 10.1. The van der Waals surface area contributed by atoms with E-state index in [0.29, 0.717) is 11.3 Å². The van der Waals surface area contributed by atoms with E-state index in [1.54, 1.807) is 18.2 Å². The number of anilines is 1. The molecule has 0 bridgehead atoms. The molecule has 2 amide bonds. The number of alkyl halides is 2. The molecule has 0 saturated heterocycles. The molecule has 2 atom stereocenters. The van der Waals surface area contributed by atoms with Crippen molar-refractivity contribution in [2.24, 2.45) is 5.92 Å². The summed E-state index contributed by atoms with van der Waals surface area (Å²) in [5, 5.41) is 3.57. The van der Waals surface area contributed by atoms with Crippen molar-refractivity contribution in [2.45, 2.75) is 23.8 Å². The third-order valence-corrected chi connectivity index (χ3v) is 8.17. The monoisotopic (exact) mass is 604 g/mol. The Kier molecular flexibility index (Phi) is 8.32. The number of carbonyl (C=O) groups excluding carboxylic acids is 2. The first kappa shape index (κ1) is 27.3. The molecule has 11 heteroatoms. The van der Waals surface area contributed by atoms with Gasteiger partial charge in [-0.15, -0.1) is 23.2 Å². The zero-order valence-electron chi connectivity index (χ0n) is 18.6. The minimum Gasteiger partial charge on any atom is -0.326 e. The topological polar surface area (TPSA) is 67.4 Å². The molecule has 1 aliphatic carbocycles. The lowest BCUT2D eigenvalue weighted by Crippen LogP contribution is -2.24. The van der Waals surface area contributed by atoms with E-state index in [-0.39, 0.29) is 32.3 Å². The predicted molar refractivity (Wildman–Crippen MR) is 146 cm³/mol. The normalized spacial score (nSPS) is 18.0. The molecule has 4 rings (SSSR count).